The summed E-state index contributed by atoms with van der Waals surface area (Å²) in [4.78, 5) is 3.99. The molecular weight excluding hydrogens is 180 g/mol. The van der Waals surface area contributed by atoms with Crippen molar-refractivity contribution in [1.29, 1.82) is 5.26 Å². The fourth-order valence-corrected chi connectivity index (χ4v) is 1.60. The zero-order valence-electron chi connectivity index (χ0n) is 7.74. The van der Waals surface area contributed by atoms with Gasteiger partial charge in [0.15, 0.2) is 0 Å². The Labute approximate surface area is 81.3 Å². The number of aromatic nitrogens is 1. The Hall–Kier alpha value is -1.96. The maximum Gasteiger partial charge on any atom is 0.221 e. The lowest BCUT2D eigenvalue weighted by Crippen LogP contribution is -2.04. The minimum Gasteiger partial charge on any atom is -0.477 e. The van der Waals surface area contributed by atoms with Gasteiger partial charge in [0.1, 0.15) is 17.5 Å². The Morgan fingerprint density at radius 2 is 2.29 bits per heavy atom. The molecule has 0 saturated heterocycles. The van der Waals surface area contributed by atoms with E-state index in [9.17, 15) is 0 Å². The predicted molar refractivity (Wildman–Crippen MR) is 51.7 cm³/mol. The lowest BCUT2D eigenvalue weighted by Gasteiger charge is -2.07. The molecule has 0 spiro atoms. The number of nitriles is 1. The third kappa shape index (κ3) is 0.973. The van der Waals surface area contributed by atoms with Gasteiger partial charge in [-0.3, -0.25) is 0 Å². The van der Waals surface area contributed by atoms with Crippen molar-refractivity contribution in [1.82, 2.24) is 4.98 Å². The van der Waals surface area contributed by atoms with E-state index in [4.69, 9.17) is 21.5 Å². The normalized spacial score (nSPS) is 18.4. The molecule has 2 heterocycles. The summed E-state index contributed by atoms with van der Waals surface area (Å²) >= 11 is 0. The van der Waals surface area contributed by atoms with Gasteiger partial charge in [-0.2, -0.15) is 10.2 Å². The zero-order valence-corrected chi connectivity index (χ0v) is 7.74. The fraction of sp³-hybridized carbons (Fsp3) is 0.333. The van der Waals surface area contributed by atoms with Crippen LogP contribution in [0.1, 0.15) is 24.0 Å². The van der Waals surface area contributed by atoms with Crippen LogP contribution in [0.3, 0.4) is 0 Å². The van der Waals surface area contributed by atoms with Crippen LogP contribution in [0.2, 0.25) is 0 Å². The highest BCUT2D eigenvalue weighted by molar-refractivity contribution is 5.71. The Morgan fingerprint density at radius 1 is 1.57 bits per heavy atom. The van der Waals surface area contributed by atoms with Gasteiger partial charge in [0.05, 0.1) is 12.3 Å². The van der Waals surface area contributed by atoms with Gasteiger partial charge < -0.3 is 16.2 Å². The molecule has 4 N–H and O–H groups in total. The standard InChI is InChI=1S/C9H10N4O/c1-4-3-14-9-6(4)7(11)5(2-10)8(12)13-9/h4H,3H2,1H3,(H4,11,12,13). The maximum atomic E-state index is 8.83. The molecule has 0 amide bonds. The number of hydrogen-bond donors (Lipinski definition) is 2. The molecule has 1 aliphatic heterocycles. The number of ether oxygens (including phenoxy) is 1. The molecule has 0 aromatic carbocycles. The molecule has 1 aromatic heterocycles. The number of pyridine rings is 1. The lowest BCUT2D eigenvalue weighted by molar-refractivity contribution is 0.327. The summed E-state index contributed by atoms with van der Waals surface area (Å²) in [5, 5.41) is 8.83. The Balaban J connectivity index is 2.72. The van der Waals surface area contributed by atoms with E-state index in [2.05, 4.69) is 4.98 Å². The van der Waals surface area contributed by atoms with Crippen molar-refractivity contribution in [2.24, 2.45) is 0 Å². The molecular formula is C9H10N4O. The number of hydrogen-bond acceptors (Lipinski definition) is 5. The molecule has 14 heavy (non-hydrogen) atoms. The average molecular weight is 190 g/mol. The minimum atomic E-state index is 0.137. The molecule has 1 atom stereocenters. The molecule has 1 aromatic rings. The predicted octanol–water partition coefficient (Wildman–Crippen LogP) is 0.614. The Bertz CT molecular complexity index is 435. The first-order chi connectivity index (χ1) is 6.65. The third-order valence-electron chi connectivity index (χ3n) is 2.34. The van der Waals surface area contributed by atoms with E-state index in [1.165, 1.54) is 0 Å². The summed E-state index contributed by atoms with van der Waals surface area (Å²) in [6.07, 6.45) is 0. The van der Waals surface area contributed by atoms with Crippen LogP contribution in [-0.2, 0) is 0 Å². The van der Waals surface area contributed by atoms with E-state index in [1.807, 2.05) is 13.0 Å². The first-order valence-corrected chi connectivity index (χ1v) is 4.27. The van der Waals surface area contributed by atoms with Crippen LogP contribution in [0.25, 0.3) is 0 Å². The Kier molecular flexibility index (Phi) is 1.71. The molecule has 72 valence electrons. The minimum absolute atomic E-state index is 0.137. The summed E-state index contributed by atoms with van der Waals surface area (Å²) in [5.74, 6) is 0.773. The summed E-state index contributed by atoms with van der Waals surface area (Å²) in [6, 6.07) is 1.95. The first kappa shape index (κ1) is 8.63. The number of anilines is 2. The van der Waals surface area contributed by atoms with Crippen LogP contribution in [0.15, 0.2) is 0 Å². The summed E-state index contributed by atoms with van der Waals surface area (Å²) in [6.45, 7) is 2.52. The molecule has 5 nitrogen and oxygen atoms in total. The smallest absolute Gasteiger partial charge is 0.221 e. The van der Waals surface area contributed by atoms with Gasteiger partial charge in [-0.15, -0.1) is 0 Å². The largest absolute Gasteiger partial charge is 0.477 e. The van der Waals surface area contributed by atoms with Crippen molar-refractivity contribution in [2.45, 2.75) is 12.8 Å². The number of nitrogen functional groups attached to an aromatic ring is 2. The second-order valence-corrected chi connectivity index (χ2v) is 3.33. The molecule has 1 aliphatic rings. The second kappa shape index (κ2) is 2.77. The van der Waals surface area contributed by atoms with Gasteiger partial charge in [0.25, 0.3) is 0 Å². The average Bonchev–Trinajstić information content (AvgIpc) is 2.48. The number of nitrogens with zero attached hydrogens (tertiary/aromatic N) is 2. The van der Waals surface area contributed by atoms with E-state index >= 15 is 0 Å². The van der Waals surface area contributed by atoms with Crippen molar-refractivity contribution >= 4 is 11.5 Å². The molecule has 0 radical (unpaired) electrons. The first-order valence-electron chi connectivity index (χ1n) is 4.27. The molecule has 1 unspecified atom stereocenters. The van der Waals surface area contributed by atoms with Gasteiger partial charge in [-0.25, -0.2) is 0 Å². The molecule has 0 bridgehead atoms. The number of nitrogens with two attached hydrogens (primary N) is 2. The van der Waals surface area contributed by atoms with E-state index < -0.39 is 0 Å². The number of rotatable bonds is 0. The van der Waals surface area contributed by atoms with Crippen LogP contribution in [0.4, 0.5) is 11.5 Å². The lowest BCUT2D eigenvalue weighted by atomic mass is 10.0. The van der Waals surface area contributed by atoms with Crippen LogP contribution in [-0.4, -0.2) is 11.6 Å². The van der Waals surface area contributed by atoms with Crippen LogP contribution in [0.5, 0.6) is 5.88 Å². The molecule has 0 aliphatic carbocycles. The van der Waals surface area contributed by atoms with Crippen molar-refractivity contribution in [3.05, 3.63) is 11.1 Å². The van der Waals surface area contributed by atoms with Gasteiger partial charge >= 0.3 is 0 Å². The van der Waals surface area contributed by atoms with Crippen molar-refractivity contribution in [3.8, 4) is 11.9 Å². The molecule has 5 heteroatoms. The van der Waals surface area contributed by atoms with E-state index in [1.54, 1.807) is 0 Å². The van der Waals surface area contributed by atoms with Crippen molar-refractivity contribution in [3.63, 3.8) is 0 Å². The zero-order chi connectivity index (χ0) is 10.3. The van der Waals surface area contributed by atoms with E-state index in [0.717, 1.165) is 5.56 Å². The van der Waals surface area contributed by atoms with Crippen LogP contribution >= 0.6 is 0 Å². The summed E-state index contributed by atoms with van der Waals surface area (Å²) in [5.41, 5.74) is 12.8. The molecule has 0 saturated carbocycles. The van der Waals surface area contributed by atoms with Gasteiger partial charge in [0, 0.05) is 11.5 Å². The van der Waals surface area contributed by atoms with Gasteiger partial charge in [-0.1, -0.05) is 6.92 Å². The third-order valence-corrected chi connectivity index (χ3v) is 2.34. The highest BCUT2D eigenvalue weighted by Crippen LogP contribution is 2.39. The highest BCUT2D eigenvalue weighted by Gasteiger charge is 2.27. The maximum absolute atomic E-state index is 8.83. The highest BCUT2D eigenvalue weighted by atomic mass is 16.5. The quantitative estimate of drug-likeness (QED) is 0.624. The second-order valence-electron chi connectivity index (χ2n) is 3.33. The molecule has 0 fully saturated rings. The topological polar surface area (TPSA) is 98.0 Å². The van der Waals surface area contributed by atoms with Gasteiger partial charge in [0.2, 0.25) is 5.88 Å². The van der Waals surface area contributed by atoms with Crippen LogP contribution < -0.4 is 16.2 Å². The van der Waals surface area contributed by atoms with Crippen molar-refractivity contribution < 1.29 is 4.74 Å². The summed E-state index contributed by atoms with van der Waals surface area (Å²) < 4.78 is 5.29. The SMILES string of the molecule is CC1COc2nc(N)c(C#N)c(N)c21. The van der Waals surface area contributed by atoms with Gasteiger partial charge in [-0.05, 0) is 0 Å². The number of fused-ring (bicyclic) bond motifs is 1. The van der Waals surface area contributed by atoms with E-state index in [0.29, 0.717) is 18.2 Å². The van der Waals surface area contributed by atoms with Crippen LogP contribution in [0, 0.1) is 11.3 Å². The Morgan fingerprint density at radius 3 is 2.93 bits per heavy atom. The fourth-order valence-electron chi connectivity index (χ4n) is 1.60. The summed E-state index contributed by atoms with van der Waals surface area (Å²) in [7, 11) is 0. The molecule has 2 rings (SSSR count). The van der Waals surface area contributed by atoms with E-state index in [-0.39, 0.29) is 17.3 Å². The van der Waals surface area contributed by atoms with Crippen molar-refractivity contribution in [2.75, 3.05) is 18.1 Å². The monoisotopic (exact) mass is 190 g/mol.